The van der Waals surface area contributed by atoms with Crippen LogP contribution in [-0.2, 0) is 0 Å². The lowest BCUT2D eigenvalue weighted by atomic mass is 10.2. The number of ether oxygens (including phenoxy) is 2. The zero-order valence-corrected chi connectivity index (χ0v) is 15.9. The van der Waals surface area contributed by atoms with Gasteiger partial charge in [-0.1, -0.05) is 15.9 Å². The predicted molar refractivity (Wildman–Crippen MR) is 107 cm³/mol. The van der Waals surface area contributed by atoms with Crippen molar-refractivity contribution in [3.8, 4) is 11.5 Å². The molecule has 0 aliphatic heterocycles. The third-order valence-electron chi connectivity index (χ3n) is 3.65. The summed E-state index contributed by atoms with van der Waals surface area (Å²) < 4.78 is 11.6. The monoisotopic (exact) mass is 415 g/mol. The number of nitrogens with zero attached hydrogens (tertiary/aromatic N) is 2. The van der Waals surface area contributed by atoms with Crippen molar-refractivity contribution in [3.05, 3.63) is 53.3 Å². The molecule has 1 heterocycles. The molecule has 0 aliphatic carbocycles. The van der Waals surface area contributed by atoms with Crippen molar-refractivity contribution < 1.29 is 9.47 Å². The van der Waals surface area contributed by atoms with Crippen LogP contribution in [0.5, 0.6) is 11.5 Å². The Hall–Kier alpha value is -3.00. The Labute approximate surface area is 159 Å². The highest BCUT2D eigenvalue weighted by Gasteiger charge is 2.12. The summed E-state index contributed by atoms with van der Waals surface area (Å²) in [5.41, 5.74) is 8.18. The minimum Gasteiger partial charge on any atom is -0.497 e. The van der Waals surface area contributed by atoms with Crippen LogP contribution in [0.4, 0.5) is 28.7 Å². The molecule has 1 aromatic heterocycles. The number of hydrogen-bond donors (Lipinski definition) is 3. The van der Waals surface area contributed by atoms with Gasteiger partial charge in [0.1, 0.15) is 23.5 Å². The lowest BCUT2D eigenvalue weighted by Gasteiger charge is -2.15. The first-order valence-corrected chi connectivity index (χ1v) is 8.52. The van der Waals surface area contributed by atoms with Crippen molar-refractivity contribution in [2.24, 2.45) is 0 Å². The fourth-order valence-electron chi connectivity index (χ4n) is 2.30. The number of benzene rings is 2. The van der Waals surface area contributed by atoms with Gasteiger partial charge in [0.05, 0.1) is 19.9 Å². The van der Waals surface area contributed by atoms with Crippen molar-refractivity contribution >= 4 is 44.6 Å². The van der Waals surface area contributed by atoms with Gasteiger partial charge in [0.2, 0.25) is 0 Å². The Morgan fingerprint density at radius 3 is 2.27 bits per heavy atom. The molecule has 134 valence electrons. The molecular formula is C18H18BrN5O2. The maximum absolute atomic E-state index is 6.24. The van der Waals surface area contributed by atoms with E-state index in [0.717, 1.165) is 10.2 Å². The molecule has 0 unspecified atom stereocenters. The second-order valence-corrected chi connectivity index (χ2v) is 6.22. The van der Waals surface area contributed by atoms with Gasteiger partial charge >= 0.3 is 0 Å². The Bertz CT molecular complexity index is 903. The summed E-state index contributed by atoms with van der Waals surface area (Å²) in [4.78, 5) is 8.45. The number of nitrogens with one attached hydrogen (secondary N) is 2. The zero-order valence-electron chi connectivity index (χ0n) is 14.3. The van der Waals surface area contributed by atoms with Gasteiger partial charge < -0.3 is 25.8 Å². The lowest BCUT2D eigenvalue weighted by molar-refractivity contribution is 0.405. The van der Waals surface area contributed by atoms with Crippen LogP contribution in [0.3, 0.4) is 0 Å². The number of nitrogen functional groups attached to an aromatic ring is 1. The van der Waals surface area contributed by atoms with E-state index in [1.54, 1.807) is 20.3 Å². The van der Waals surface area contributed by atoms with Crippen molar-refractivity contribution in [2.75, 3.05) is 30.6 Å². The molecule has 2 aromatic carbocycles. The number of aromatic nitrogens is 2. The maximum atomic E-state index is 6.24. The third-order valence-corrected chi connectivity index (χ3v) is 4.18. The van der Waals surface area contributed by atoms with E-state index in [1.165, 1.54) is 6.33 Å². The normalized spacial score (nSPS) is 10.3. The van der Waals surface area contributed by atoms with Gasteiger partial charge in [0, 0.05) is 16.2 Å². The van der Waals surface area contributed by atoms with Gasteiger partial charge in [-0.15, -0.1) is 0 Å². The largest absolute Gasteiger partial charge is 0.497 e. The summed E-state index contributed by atoms with van der Waals surface area (Å²) in [5.74, 6) is 2.30. The molecule has 0 spiro atoms. The summed E-state index contributed by atoms with van der Waals surface area (Å²) >= 11 is 3.41. The van der Waals surface area contributed by atoms with Gasteiger partial charge in [0.25, 0.3) is 0 Å². The molecule has 0 aliphatic rings. The molecule has 26 heavy (non-hydrogen) atoms. The first kappa shape index (κ1) is 17.8. The fraction of sp³-hybridized carbons (Fsp3) is 0.111. The van der Waals surface area contributed by atoms with E-state index in [-0.39, 0.29) is 0 Å². The molecule has 0 saturated heterocycles. The minimum absolute atomic E-state index is 0.389. The smallest absolute Gasteiger partial charge is 0.159 e. The third kappa shape index (κ3) is 3.97. The van der Waals surface area contributed by atoms with Crippen LogP contribution >= 0.6 is 15.9 Å². The van der Waals surface area contributed by atoms with Crippen molar-refractivity contribution in [1.29, 1.82) is 0 Å². The summed E-state index contributed by atoms with van der Waals surface area (Å²) in [6, 6.07) is 13.1. The molecule has 3 rings (SSSR count). The fourth-order valence-corrected chi connectivity index (χ4v) is 2.57. The summed E-state index contributed by atoms with van der Waals surface area (Å²) in [6.45, 7) is 0. The average Bonchev–Trinajstić information content (AvgIpc) is 2.66. The van der Waals surface area contributed by atoms with E-state index in [4.69, 9.17) is 15.2 Å². The SMILES string of the molecule is COc1ccc(OC)c(Nc2ncnc(Nc3ccc(Br)cc3)c2N)c1. The summed E-state index contributed by atoms with van der Waals surface area (Å²) in [6.07, 6.45) is 1.44. The molecule has 7 nitrogen and oxygen atoms in total. The number of anilines is 5. The quantitative estimate of drug-likeness (QED) is 0.551. The molecule has 4 N–H and O–H groups in total. The zero-order chi connectivity index (χ0) is 18.5. The highest BCUT2D eigenvalue weighted by molar-refractivity contribution is 9.10. The highest BCUT2D eigenvalue weighted by atomic mass is 79.9. The topological polar surface area (TPSA) is 94.3 Å². The van der Waals surface area contributed by atoms with Crippen molar-refractivity contribution in [1.82, 2.24) is 9.97 Å². The van der Waals surface area contributed by atoms with Crippen LogP contribution in [0.25, 0.3) is 0 Å². The first-order valence-electron chi connectivity index (χ1n) is 7.73. The van der Waals surface area contributed by atoms with Gasteiger partial charge in [-0.3, -0.25) is 0 Å². The van der Waals surface area contributed by atoms with Crippen LogP contribution < -0.4 is 25.8 Å². The summed E-state index contributed by atoms with van der Waals surface area (Å²) in [7, 11) is 3.20. The van der Waals surface area contributed by atoms with Crippen molar-refractivity contribution in [3.63, 3.8) is 0 Å². The van der Waals surface area contributed by atoms with E-state index < -0.39 is 0 Å². The Balaban J connectivity index is 1.89. The first-order chi connectivity index (χ1) is 12.6. The Morgan fingerprint density at radius 2 is 1.62 bits per heavy atom. The second-order valence-electron chi connectivity index (χ2n) is 5.31. The molecule has 8 heteroatoms. The molecule has 0 amide bonds. The highest BCUT2D eigenvalue weighted by Crippen LogP contribution is 2.34. The van der Waals surface area contributed by atoms with Crippen LogP contribution in [0, 0.1) is 0 Å². The van der Waals surface area contributed by atoms with Crippen LogP contribution in [0.2, 0.25) is 0 Å². The van der Waals surface area contributed by atoms with Crippen LogP contribution in [0.15, 0.2) is 53.3 Å². The summed E-state index contributed by atoms with van der Waals surface area (Å²) in [5, 5.41) is 6.36. The number of nitrogens with two attached hydrogens (primary N) is 1. The van der Waals surface area contributed by atoms with Gasteiger partial charge in [-0.05, 0) is 36.4 Å². The maximum Gasteiger partial charge on any atom is 0.159 e. The molecular weight excluding hydrogens is 398 g/mol. The van der Waals surface area contributed by atoms with E-state index >= 15 is 0 Å². The molecule has 0 atom stereocenters. The number of rotatable bonds is 6. The molecule has 0 radical (unpaired) electrons. The van der Waals surface area contributed by atoms with Crippen molar-refractivity contribution in [2.45, 2.75) is 0 Å². The van der Waals surface area contributed by atoms with Gasteiger partial charge in [-0.2, -0.15) is 0 Å². The second kappa shape index (κ2) is 7.92. The lowest BCUT2D eigenvalue weighted by Crippen LogP contribution is -2.06. The van der Waals surface area contributed by atoms with E-state index in [2.05, 4.69) is 36.5 Å². The Kier molecular flexibility index (Phi) is 5.43. The van der Waals surface area contributed by atoms with Gasteiger partial charge in [0.15, 0.2) is 11.6 Å². The van der Waals surface area contributed by atoms with Gasteiger partial charge in [-0.25, -0.2) is 9.97 Å². The van der Waals surface area contributed by atoms with E-state index in [0.29, 0.717) is 34.5 Å². The Morgan fingerprint density at radius 1 is 0.923 bits per heavy atom. The molecule has 3 aromatic rings. The van der Waals surface area contributed by atoms with E-state index in [9.17, 15) is 0 Å². The van der Waals surface area contributed by atoms with E-state index in [1.807, 2.05) is 36.4 Å². The average molecular weight is 416 g/mol. The minimum atomic E-state index is 0.389. The van der Waals surface area contributed by atoms with Crippen LogP contribution in [0.1, 0.15) is 0 Å². The molecule has 0 saturated carbocycles. The van der Waals surface area contributed by atoms with Crippen LogP contribution in [-0.4, -0.2) is 24.2 Å². The molecule has 0 bridgehead atoms. The number of methoxy groups -OCH3 is 2. The molecule has 0 fully saturated rings. The number of hydrogen-bond acceptors (Lipinski definition) is 7. The number of halogens is 1. The predicted octanol–water partition coefficient (Wildman–Crippen LogP) is 4.33. The standard InChI is InChI=1S/C18H18BrN5O2/c1-25-13-7-8-15(26-2)14(9-13)24-18-16(20)17(21-10-22-18)23-12-5-3-11(19)4-6-12/h3-10H,20H2,1-2H3,(H2,21,22,23,24).